The van der Waals surface area contributed by atoms with Crippen LogP contribution >= 0.6 is 0 Å². The van der Waals surface area contributed by atoms with Gasteiger partial charge in [0.15, 0.2) is 0 Å². The number of rotatable bonds is 4. The van der Waals surface area contributed by atoms with Gasteiger partial charge in [0, 0.05) is 5.56 Å². The van der Waals surface area contributed by atoms with Crippen LogP contribution in [0, 0.1) is 0 Å². The zero-order valence-electron chi connectivity index (χ0n) is 10.6. The van der Waals surface area contributed by atoms with Crippen molar-refractivity contribution in [3.8, 4) is 0 Å². The van der Waals surface area contributed by atoms with Crippen LogP contribution in [0.15, 0.2) is 65.7 Å². The average molecular weight is 259 g/mol. The molecule has 0 spiro atoms. The summed E-state index contributed by atoms with van der Waals surface area (Å²) in [4.78, 5) is 4.18. The topological polar surface area (TPSA) is 12.4 Å². The van der Waals surface area contributed by atoms with Crippen LogP contribution < -0.4 is 0 Å². The summed E-state index contributed by atoms with van der Waals surface area (Å²) in [5, 5.41) is 0. The molecule has 19 heavy (non-hydrogen) atoms. The summed E-state index contributed by atoms with van der Waals surface area (Å²) in [5.74, 6) is 0. The van der Waals surface area contributed by atoms with Crippen molar-refractivity contribution in [3.63, 3.8) is 0 Å². The third-order valence-corrected chi connectivity index (χ3v) is 2.89. The number of hydrogen-bond donors (Lipinski definition) is 0. The van der Waals surface area contributed by atoms with E-state index in [9.17, 15) is 8.78 Å². The Balaban J connectivity index is 2.32. The van der Waals surface area contributed by atoms with Crippen LogP contribution in [0.1, 0.15) is 24.1 Å². The predicted octanol–water partition coefficient (Wildman–Crippen LogP) is 4.50. The van der Waals surface area contributed by atoms with Crippen molar-refractivity contribution in [1.82, 2.24) is 0 Å². The summed E-state index contributed by atoms with van der Waals surface area (Å²) in [6.07, 6.45) is -2.58. The Bertz CT molecular complexity index is 535. The normalized spacial score (nSPS) is 13.6. The SMILES string of the molecule is C[C@H](/N=C(\c1ccccc1)C(F)F)c1ccccc1. The standard InChI is InChI=1S/C16H15F2N/c1-12(13-8-4-2-5-9-13)19-15(16(17)18)14-10-6-3-7-11-14/h2-12,16H,1H3/b19-15+/t12-/m0/s1. The van der Waals surface area contributed by atoms with Gasteiger partial charge in [-0.3, -0.25) is 4.99 Å². The fourth-order valence-electron chi connectivity index (χ4n) is 1.88. The van der Waals surface area contributed by atoms with Gasteiger partial charge >= 0.3 is 0 Å². The van der Waals surface area contributed by atoms with Crippen molar-refractivity contribution in [1.29, 1.82) is 0 Å². The van der Waals surface area contributed by atoms with Crippen LogP contribution in [-0.2, 0) is 0 Å². The van der Waals surface area contributed by atoms with Gasteiger partial charge in [-0.1, -0.05) is 60.7 Å². The molecule has 0 bridgehead atoms. The average Bonchev–Trinajstić information content (AvgIpc) is 2.46. The Labute approximate surface area is 111 Å². The second-order valence-electron chi connectivity index (χ2n) is 4.27. The molecule has 0 heterocycles. The van der Waals surface area contributed by atoms with E-state index in [2.05, 4.69) is 4.99 Å². The van der Waals surface area contributed by atoms with Crippen LogP contribution in [0.2, 0.25) is 0 Å². The molecule has 0 saturated carbocycles. The Morgan fingerprint density at radius 2 is 1.42 bits per heavy atom. The third kappa shape index (κ3) is 3.47. The lowest BCUT2D eigenvalue weighted by molar-refractivity contribution is 0.225. The number of nitrogens with zero attached hydrogens (tertiary/aromatic N) is 1. The van der Waals surface area contributed by atoms with E-state index in [1.807, 2.05) is 37.3 Å². The number of alkyl halides is 2. The molecule has 0 amide bonds. The molecule has 3 heteroatoms. The first-order chi connectivity index (χ1) is 9.18. The van der Waals surface area contributed by atoms with Crippen molar-refractivity contribution >= 4 is 5.71 Å². The first kappa shape index (κ1) is 13.4. The van der Waals surface area contributed by atoms with Gasteiger partial charge in [-0.2, -0.15) is 0 Å². The van der Waals surface area contributed by atoms with Gasteiger partial charge in [0.05, 0.1) is 6.04 Å². The van der Waals surface area contributed by atoms with Gasteiger partial charge < -0.3 is 0 Å². The Hall–Kier alpha value is -2.03. The van der Waals surface area contributed by atoms with Gasteiger partial charge in [0.25, 0.3) is 6.43 Å². The van der Waals surface area contributed by atoms with Gasteiger partial charge in [0.1, 0.15) is 5.71 Å². The highest BCUT2D eigenvalue weighted by atomic mass is 19.3. The second-order valence-corrected chi connectivity index (χ2v) is 4.27. The van der Waals surface area contributed by atoms with Crippen molar-refractivity contribution in [2.75, 3.05) is 0 Å². The molecule has 2 rings (SSSR count). The van der Waals surface area contributed by atoms with E-state index in [-0.39, 0.29) is 11.8 Å². The number of hydrogen-bond acceptors (Lipinski definition) is 1. The second kappa shape index (κ2) is 6.23. The van der Waals surface area contributed by atoms with E-state index in [1.54, 1.807) is 30.3 Å². The lowest BCUT2D eigenvalue weighted by atomic mass is 10.1. The van der Waals surface area contributed by atoms with Gasteiger partial charge in [-0.15, -0.1) is 0 Å². The molecular formula is C16H15F2N. The Kier molecular flexibility index (Phi) is 4.39. The maximum atomic E-state index is 13.1. The maximum Gasteiger partial charge on any atom is 0.280 e. The number of benzene rings is 2. The molecule has 0 unspecified atom stereocenters. The van der Waals surface area contributed by atoms with E-state index in [0.29, 0.717) is 5.56 Å². The molecule has 0 aromatic heterocycles. The molecule has 98 valence electrons. The highest BCUT2D eigenvalue weighted by Crippen LogP contribution is 2.19. The van der Waals surface area contributed by atoms with Gasteiger partial charge in [-0.05, 0) is 12.5 Å². The van der Waals surface area contributed by atoms with Crippen molar-refractivity contribution < 1.29 is 8.78 Å². The van der Waals surface area contributed by atoms with E-state index in [4.69, 9.17) is 0 Å². The summed E-state index contributed by atoms with van der Waals surface area (Å²) >= 11 is 0. The van der Waals surface area contributed by atoms with Gasteiger partial charge in [0.2, 0.25) is 0 Å². The molecule has 0 saturated heterocycles. The minimum atomic E-state index is -2.58. The zero-order valence-corrected chi connectivity index (χ0v) is 10.6. The van der Waals surface area contributed by atoms with Crippen molar-refractivity contribution in [2.24, 2.45) is 4.99 Å². The molecule has 2 aromatic carbocycles. The molecule has 0 aliphatic carbocycles. The smallest absolute Gasteiger partial charge is 0.275 e. The first-order valence-electron chi connectivity index (χ1n) is 6.14. The third-order valence-electron chi connectivity index (χ3n) is 2.89. The highest BCUT2D eigenvalue weighted by molar-refractivity contribution is 6.03. The molecule has 0 fully saturated rings. The van der Waals surface area contributed by atoms with Crippen LogP contribution in [0.5, 0.6) is 0 Å². The van der Waals surface area contributed by atoms with E-state index < -0.39 is 6.43 Å². The molecule has 1 nitrogen and oxygen atoms in total. The summed E-state index contributed by atoms with van der Waals surface area (Å²) in [6.45, 7) is 1.82. The molecule has 2 aromatic rings. The van der Waals surface area contributed by atoms with Gasteiger partial charge in [-0.25, -0.2) is 8.78 Å². The maximum absolute atomic E-state index is 13.1. The first-order valence-corrected chi connectivity index (χ1v) is 6.14. The summed E-state index contributed by atoms with van der Waals surface area (Å²) in [7, 11) is 0. The molecule has 0 aliphatic rings. The monoisotopic (exact) mass is 259 g/mol. The van der Waals surface area contributed by atoms with Crippen molar-refractivity contribution in [2.45, 2.75) is 19.4 Å². The quantitative estimate of drug-likeness (QED) is 0.717. The predicted molar refractivity (Wildman–Crippen MR) is 73.8 cm³/mol. The summed E-state index contributed by atoms with van der Waals surface area (Å²) in [6, 6.07) is 17.7. The van der Waals surface area contributed by atoms with E-state index in [0.717, 1.165) is 5.56 Å². The lowest BCUT2D eigenvalue weighted by Gasteiger charge is -2.11. The fraction of sp³-hybridized carbons (Fsp3) is 0.188. The minimum absolute atomic E-state index is 0.156. The Morgan fingerprint density at radius 1 is 0.895 bits per heavy atom. The largest absolute Gasteiger partial charge is 0.280 e. The van der Waals surface area contributed by atoms with E-state index >= 15 is 0 Å². The molecular weight excluding hydrogens is 244 g/mol. The van der Waals surface area contributed by atoms with Crippen LogP contribution in [0.3, 0.4) is 0 Å². The van der Waals surface area contributed by atoms with E-state index in [1.165, 1.54) is 0 Å². The van der Waals surface area contributed by atoms with Crippen LogP contribution in [-0.4, -0.2) is 12.1 Å². The molecule has 0 aliphatic heterocycles. The zero-order chi connectivity index (χ0) is 13.7. The molecule has 0 N–H and O–H groups in total. The lowest BCUT2D eigenvalue weighted by Crippen LogP contribution is -2.13. The van der Waals surface area contributed by atoms with Crippen LogP contribution in [0.25, 0.3) is 0 Å². The Morgan fingerprint density at radius 3 is 1.95 bits per heavy atom. The summed E-state index contributed by atoms with van der Waals surface area (Å²) < 4.78 is 26.3. The van der Waals surface area contributed by atoms with Crippen molar-refractivity contribution in [3.05, 3.63) is 71.8 Å². The molecule has 1 atom stereocenters. The van der Waals surface area contributed by atoms with Crippen LogP contribution in [0.4, 0.5) is 8.78 Å². The minimum Gasteiger partial charge on any atom is -0.275 e. The number of halogens is 2. The summed E-state index contributed by atoms with van der Waals surface area (Å²) in [5.41, 5.74) is 1.24. The highest BCUT2D eigenvalue weighted by Gasteiger charge is 2.17. The fourth-order valence-corrected chi connectivity index (χ4v) is 1.88. The molecule has 0 radical (unpaired) electrons. The number of aliphatic imine (C=N–C) groups is 1.